The molecule has 0 aliphatic carbocycles. The summed E-state index contributed by atoms with van der Waals surface area (Å²) in [6.45, 7) is 0.704. The van der Waals surface area contributed by atoms with Crippen molar-refractivity contribution in [2.24, 2.45) is 5.92 Å². The number of nitrogens with zero attached hydrogens (tertiary/aromatic N) is 1. The Morgan fingerprint density at radius 2 is 1.93 bits per heavy atom. The van der Waals surface area contributed by atoms with E-state index in [2.05, 4.69) is 10.0 Å². The van der Waals surface area contributed by atoms with Crippen molar-refractivity contribution in [2.75, 3.05) is 25.0 Å². The molecule has 0 bridgehead atoms. The lowest BCUT2D eigenvalue weighted by Crippen LogP contribution is -2.53. The monoisotopic (exact) mass is 524 g/mol. The number of carbonyl (C=O) groups is 1. The molecule has 0 radical (unpaired) electrons. The number of hydrogen-bond donors (Lipinski definition) is 2. The first-order valence-corrected chi connectivity index (χ1v) is 10.2. The maximum Gasteiger partial charge on any atom is 0.256 e. The molecule has 0 aromatic heterocycles. The topological polar surface area (TPSA) is 84.5 Å². The third kappa shape index (κ3) is 4.64. The summed E-state index contributed by atoms with van der Waals surface area (Å²) in [6.07, 6.45) is 0. The summed E-state index contributed by atoms with van der Waals surface area (Å²) < 4.78 is 66.1. The van der Waals surface area contributed by atoms with Crippen LogP contribution in [0.2, 0.25) is 0 Å². The van der Waals surface area contributed by atoms with Gasteiger partial charge in [-0.15, -0.1) is 0 Å². The van der Waals surface area contributed by atoms with Gasteiger partial charge in [-0.05, 0) is 52.9 Å². The Morgan fingerprint density at radius 1 is 1.21 bits per heavy atom. The fourth-order valence-electron chi connectivity index (χ4n) is 2.80. The number of halogens is 4. The molecule has 1 aliphatic rings. The molecule has 0 spiro atoms. The molecule has 1 unspecified atom stereocenters. The van der Waals surface area contributed by atoms with Crippen LogP contribution in [0.1, 0.15) is 10.4 Å². The second-order valence-electron chi connectivity index (χ2n) is 6.19. The Bertz CT molecular complexity index is 941. The lowest BCUT2D eigenvalue weighted by atomic mass is 9.98. The maximum atomic E-state index is 14.4. The summed E-state index contributed by atoms with van der Waals surface area (Å²) in [5, 5.41) is 2.48. The van der Waals surface area contributed by atoms with Crippen LogP contribution in [0.3, 0.4) is 0 Å². The van der Waals surface area contributed by atoms with Crippen LogP contribution in [0.25, 0.3) is 0 Å². The van der Waals surface area contributed by atoms with Gasteiger partial charge in [-0.3, -0.25) is 9.00 Å². The molecule has 150 valence electrons. The number of likely N-dealkylation sites (tertiary alicyclic amines) is 1. The number of amides is 1. The molecule has 1 amide bonds. The fourth-order valence-corrected chi connectivity index (χ4v) is 3.62. The lowest BCUT2D eigenvalue weighted by molar-refractivity contribution is 0.0510. The Morgan fingerprint density at radius 3 is 2.57 bits per heavy atom. The molecular weight excluding hydrogens is 510 g/mol. The highest BCUT2D eigenvalue weighted by molar-refractivity contribution is 14.1. The van der Waals surface area contributed by atoms with E-state index in [1.165, 1.54) is 17.0 Å². The van der Waals surface area contributed by atoms with E-state index in [1.54, 1.807) is 6.07 Å². The highest BCUT2D eigenvalue weighted by atomic mass is 127. The van der Waals surface area contributed by atoms with Crippen LogP contribution in [0.4, 0.5) is 24.5 Å². The minimum Gasteiger partial charge on any atom is -0.760 e. The number of hydrogen-bond acceptors (Lipinski definition) is 4. The third-order valence-corrected chi connectivity index (χ3v) is 5.32. The van der Waals surface area contributed by atoms with Gasteiger partial charge in [-0.1, -0.05) is 0 Å². The van der Waals surface area contributed by atoms with Crippen LogP contribution >= 0.6 is 22.6 Å². The van der Waals surface area contributed by atoms with Crippen LogP contribution in [0.5, 0.6) is 0 Å². The van der Waals surface area contributed by atoms with E-state index in [0.29, 0.717) is 3.57 Å². The van der Waals surface area contributed by atoms with Crippen LogP contribution in [-0.4, -0.2) is 39.2 Å². The van der Waals surface area contributed by atoms with E-state index >= 15 is 0 Å². The highest BCUT2D eigenvalue weighted by Gasteiger charge is 2.33. The average Bonchev–Trinajstić information content (AvgIpc) is 2.59. The Labute approximate surface area is 175 Å². The van der Waals surface area contributed by atoms with Gasteiger partial charge in [0.2, 0.25) is 0 Å². The lowest BCUT2D eigenvalue weighted by Gasteiger charge is -2.39. The van der Waals surface area contributed by atoms with Crippen LogP contribution < -0.4 is 10.0 Å². The summed E-state index contributed by atoms with van der Waals surface area (Å²) in [5.41, 5.74) is -0.689. The fraction of sp³-hybridized carbons (Fsp3) is 0.235. The Balaban J connectivity index is 1.81. The molecule has 2 aromatic rings. The van der Waals surface area contributed by atoms with Gasteiger partial charge in [0.15, 0.2) is 11.6 Å². The van der Waals surface area contributed by atoms with E-state index in [0.717, 1.165) is 12.1 Å². The van der Waals surface area contributed by atoms with E-state index in [9.17, 15) is 26.7 Å². The van der Waals surface area contributed by atoms with Crippen molar-refractivity contribution in [2.45, 2.75) is 0 Å². The molecule has 2 aromatic carbocycles. The van der Waals surface area contributed by atoms with Crippen LogP contribution in [0.15, 0.2) is 30.3 Å². The van der Waals surface area contributed by atoms with Crippen molar-refractivity contribution in [3.05, 3.63) is 56.9 Å². The van der Waals surface area contributed by atoms with Crippen molar-refractivity contribution in [3.8, 4) is 0 Å². The zero-order chi connectivity index (χ0) is 20.4. The van der Waals surface area contributed by atoms with E-state index < -0.39 is 40.3 Å². The van der Waals surface area contributed by atoms with Gasteiger partial charge < -0.3 is 14.8 Å². The van der Waals surface area contributed by atoms with Gasteiger partial charge in [-0.25, -0.2) is 17.9 Å². The molecule has 2 N–H and O–H groups in total. The van der Waals surface area contributed by atoms with Gasteiger partial charge in [0, 0.05) is 40.4 Å². The SMILES string of the molecule is O=C(c1ccc(F)c(F)c1Nc1ccc(I)cc1F)N1CC(CNS(=O)[O-])C1. The zero-order valence-electron chi connectivity index (χ0n) is 14.2. The molecule has 0 saturated carbocycles. The molecule has 28 heavy (non-hydrogen) atoms. The highest BCUT2D eigenvalue weighted by Crippen LogP contribution is 2.30. The van der Waals surface area contributed by atoms with Gasteiger partial charge in [0.1, 0.15) is 5.82 Å². The minimum absolute atomic E-state index is 0.0720. The summed E-state index contributed by atoms with van der Waals surface area (Å²) >= 11 is -0.479. The van der Waals surface area contributed by atoms with Crippen molar-refractivity contribution in [1.82, 2.24) is 9.62 Å². The van der Waals surface area contributed by atoms with Gasteiger partial charge in [0.05, 0.1) is 16.9 Å². The summed E-state index contributed by atoms with van der Waals surface area (Å²) in [5.74, 6) is -3.77. The average molecular weight is 524 g/mol. The summed E-state index contributed by atoms with van der Waals surface area (Å²) in [7, 11) is 0. The first kappa shape index (κ1) is 21.0. The maximum absolute atomic E-state index is 14.4. The van der Waals surface area contributed by atoms with Crippen molar-refractivity contribution >= 4 is 51.1 Å². The second-order valence-corrected chi connectivity index (χ2v) is 8.20. The zero-order valence-corrected chi connectivity index (χ0v) is 17.2. The van der Waals surface area contributed by atoms with Crippen molar-refractivity contribution in [3.63, 3.8) is 0 Å². The molecule has 11 heteroatoms. The number of rotatable bonds is 6. The van der Waals surface area contributed by atoms with E-state index in [1.807, 2.05) is 22.6 Å². The van der Waals surface area contributed by atoms with Crippen LogP contribution in [0, 0.1) is 26.9 Å². The van der Waals surface area contributed by atoms with Crippen molar-refractivity contribution < 1.29 is 26.7 Å². The number of carbonyl (C=O) groups excluding carboxylic acids is 1. The predicted molar refractivity (Wildman–Crippen MR) is 105 cm³/mol. The summed E-state index contributed by atoms with van der Waals surface area (Å²) in [4.78, 5) is 14.1. The molecule has 6 nitrogen and oxygen atoms in total. The first-order valence-electron chi connectivity index (χ1n) is 8.08. The largest absolute Gasteiger partial charge is 0.760 e. The molecule has 1 heterocycles. The smallest absolute Gasteiger partial charge is 0.256 e. The second kappa shape index (κ2) is 8.76. The molecule has 3 rings (SSSR count). The van der Waals surface area contributed by atoms with Crippen LogP contribution in [-0.2, 0) is 11.3 Å². The standard InChI is InChI=1S/C17H15F3IN3O3S/c18-12-3-2-11(17(25)24-7-9(8-24)6-22-28(26)27)16(15(12)20)23-14-4-1-10(21)5-13(14)19/h1-5,9,22-23H,6-8H2,(H,26,27)/p-1. The van der Waals surface area contributed by atoms with Gasteiger partial charge >= 0.3 is 0 Å². The molecule has 1 aliphatic heterocycles. The number of nitrogens with one attached hydrogen (secondary N) is 2. The van der Waals surface area contributed by atoms with Gasteiger partial charge in [-0.2, -0.15) is 0 Å². The normalized spacial score (nSPS) is 15.2. The predicted octanol–water partition coefficient (Wildman–Crippen LogP) is 2.91. The minimum atomic E-state index is -2.39. The van der Waals surface area contributed by atoms with E-state index in [4.69, 9.17) is 0 Å². The molecule has 1 saturated heterocycles. The van der Waals surface area contributed by atoms with E-state index in [-0.39, 0.29) is 36.8 Å². The molecule has 1 atom stereocenters. The van der Waals surface area contributed by atoms with Gasteiger partial charge in [0.25, 0.3) is 5.91 Å². The number of anilines is 2. The third-order valence-electron chi connectivity index (χ3n) is 4.25. The Hall–Kier alpha value is -1.70. The molecular formula is C17H14F3IN3O3S-. The molecule has 1 fully saturated rings. The first-order chi connectivity index (χ1) is 13.3. The summed E-state index contributed by atoms with van der Waals surface area (Å²) in [6, 6.07) is 6.12. The quantitative estimate of drug-likeness (QED) is 0.450. The Kier molecular flexibility index (Phi) is 6.58. The number of benzene rings is 2. The van der Waals surface area contributed by atoms with Crippen molar-refractivity contribution in [1.29, 1.82) is 0 Å².